The molecule has 0 radical (unpaired) electrons. The van der Waals surface area contributed by atoms with E-state index in [1.165, 1.54) is 4.90 Å². The smallest absolute Gasteiger partial charge is 0.404 e. The molecule has 21 N–H and O–H groups in total. The van der Waals surface area contributed by atoms with Gasteiger partial charge in [0.05, 0.1) is 190 Å². The molecule has 0 unspecified atom stereocenters. The number of urea groups is 1. The van der Waals surface area contributed by atoms with E-state index in [4.69, 9.17) is 89.0 Å². The first-order valence-electron chi connectivity index (χ1n) is 34.3. The number of benzene rings is 1. The van der Waals surface area contributed by atoms with E-state index in [1.54, 1.807) is 38.1 Å². The molecule has 0 spiro atoms. The fraction of sp³-hybridized carbons (Fsp3) is 0.812. The highest BCUT2D eigenvalue weighted by atomic mass is 16.6. The number of nitrogens with one attached hydrogen (secondary N) is 5. The van der Waals surface area contributed by atoms with Gasteiger partial charge in [-0.15, -0.1) is 0 Å². The number of hydrogen-bond acceptors (Lipinski definition) is 31. The second-order valence-electron chi connectivity index (χ2n) is 23.4. The van der Waals surface area contributed by atoms with E-state index >= 15 is 0 Å². The van der Waals surface area contributed by atoms with Crippen molar-refractivity contribution in [2.45, 2.75) is 126 Å². The zero-order valence-electron chi connectivity index (χ0n) is 59.0. The first kappa shape index (κ1) is 94.7. The number of aliphatic hydroxyl groups excluding tert-OH is 10. The molecule has 1 aromatic carbocycles. The predicted octanol–water partition coefficient (Wildman–Crippen LogP) is -6.33. The van der Waals surface area contributed by atoms with Gasteiger partial charge in [0.2, 0.25) is 23.6 Å². The van der Waals surface area contributed by atoms with Gasteiger partial charge in [-0.1, -0.05) is 26.0 Å². The predicted molar refractivity (Wildman–Crippen MR) is 363 cm³/mol. The van der Waals surface area contributed by atoms with Gasteiger partial charge in [0.15, 0.2) is 0 Å². The molecule has 11 atom stereocenters. The quantitative estimate of drug-likeness (QED) is 0.0270. The van der Waals surface area contributed by atoms with Crippen LogP contribution in [0.15, 0.2) is 24.3 Å². The SMILES string of the molecule is CC(C)[C@H](NC(=O)[C@@H](N)CCCCNC(=O)CCOCCOCCOCCOCCOCCOCCOCCOCCOCCOCCOCCOCCN(C[C@@H](O)[C@@H](O)[C@H](O)[C@H](O)CO)C[C@@H](O)[C@@H](O)[C@H](O)[C@H](O)CO)C(=O)N[C@@H](CCCNC(N)=O)C(=O)Nc1ccc(COC(N)=O)cc1. The van der Waals surface area contributed by atoms with E-state index in [2.05, 4.69) is 26.6 Å². The van der Waals surface area contributed by atoms with Crippen molar-refractivity contribution in [3.63, 3.8) is 0 Å². The molecule has 102 heavy (non-hydrogen) atoms. The zero-order valence-corrected chi connectivity index (χ0v) is 59.0. The molecule has 38 heteroatoms. The average Bonchev–Trinajstić information content (AvgIpc) is 0.870. The molecule has 38 nitrogen and oxygen atoms in total. The van der Waals surface area contributed by atoms with Gasteiger partial charge in [-0.2, -0.15) is 0 Å². The van der Waals surface area contributed by atoms with Crippen LogP contribution in [0.2, 0.25) is 0 Å². The lowest BCUT2D eigenvalue weighted by atomic mass is 10.0. The van der Waals surface area contributed by atoms with Gasteiger partial charge in [-0.3, -0.25) is 24.1 Å². The number of rotatable bonds is 69. The average molecular weight is 1480 g/mol. The van der Waals surface area contributed by atoms with Gasteiger partial charge in [0, 0.05) is 44.8 Å². The zero-order chi connectivity index (χ0) is 75.6. The highest BCUT2D eigenvalue weighted by molar-refractivity contribution is 5.98. The van der Waals surface area contributed by atoms with E-state index in [-0.39, 0.29) is 90.2 Å². The number of unbranched alkanes of at least 4 members (excludes halogenated alkanes) is 1. The van der Waals surface area contributed by atoms with Crippen LogP contribution in [0.25, 0.3) is 0 Å². The highest BCUT2D eigenvalue weighted by Crippen LogP contribution is 2.15. The number of carbonyl (C=O) groups is 6. The standard InChI is InChI=1S/C64H119N9O29/c1-45(2)55(62(87)71-49(7-5-14-69-63(66)88)61(86)70-47-10-8-46(9-11-47)44-102-64(67)89)72-60(85)48(65)6-3-4-13-68-54(80)12-16-90-18-20-92-22-24-94-26-28-96-30-32-98-34-36-100-38-39-101-37-35-99-33-31-97-29-27-95-25-23-93-21-19-91-17-15-73(40-50(76)56(81)58(83)52(78)42-74)41-51(77)57(82)59(84)53(79)43-75/h8-11,45,48-53,55-59,74-79,81-84H,3-7,12-44,65H2,1-2H3,(H2,67,89)(H,68,80)(H,70,86)(H,71,87)(H,72,85)(H3,66,69,88)/t48-,49-,50+,51+,52+,53+,55-,56+,57+,58+,59+/m0/s1. The third-order valence-corrected chi connectivity index (χ3v) is 14.7. The van der Waals surface area contributed by atoms with Crippen molar-refractivity contribution in [2.24, 2.45) is 23.1 Å². The summed E-state index contributed by atoms with van der Waals surface area (Å²) in [5.74, 6) is -2.30. The molecule has 0 aromatic heterocycles. The van der Waals surface area contributed by atoms with Crippen LogP contribution in [0.5, 0.6) is 0 Å². The number of nitrogens with two attached hydrogens (primary N) is 3. The summed E-state index contributed by atoms with van der Waals surface area (Å²) in [6.45, 7) is 9.32. The van der Waals surface area contributed by atoms with Gasteiger partial charge < -0.3 is 156 Å². The summed E-state index contributed by atoms with van der Waals surface area (Å²) in [5.41, 5.74) is 17.4. The van der Waals surface area contributed by atoms with Crippen molar-refractivity contribution in [3.05, 3.63) is 29.8 Å². The van der Waals surface area contributed by atoms with Crippen LogP contribution in [-0.2, 0) is 87.4 Å². The van der Waals surface area contributed by atoms with E-state index in [9.17, 15) is 69.6 Å². The summed E-state index contributed by atoms with van der Waals surface area (Å²) in [4.78, 5) is 75.8. The molecule has 0 saturated carbocycles. The molecule has 0 aliphatic heterocycles. The van der Waals surface area contributed by atoms with Crippen molar-refractivity contribution < 1.29 is 141 Å². The Morgan fingerprint density at radius 1 is 0.451 bits per heavy atom. The van der Waals surface area contributed by atoms with Crippen molar-refractivity contribution in [3.8, 4) is 0 Å². The lowest BCUT2D eigenvalue weighted by molar-refractivity contribution is -0.132. The minimum Gasteiger partial charge on any atom is -0.445 e. The number of carbonyl (C=O) groups excluding carboxylic acids is 6. The Morgan fingerprint density at radius 2 is 0.833 bits per heavy atom. The van der Waals surface area contributed by atoms with Crippen LogP contribution >= 0.6 is 0 Å². The highest BCUT2D eigenvalue weighted by Gasteiger charge is 2.35. The third kappa shape index (κ3) is 49.4. The molecule has 0 fully saturated rings. The van der Waals surface area contributed by atoms with E-state index < -0.39 is 123 Å². The first-order valence-corrected chi connectivity index (χ1v) is 34.3. The number of aliphatic hydroxyl groups is 10. The van der Waals surface area contributed by atoms with Crippen LogP contribution in [-0.4, -0.2) is 363 Å². The summed E-state index contributed by atoms with van der Waals surface area (Å²) in [5, 5.41) is 112. The molecule has 7 amide bonds. The fourth-order valence-electron chi connectivity index (χ4n) is 8.86. The Morgan fingerprint density at radius 3 is 1.22 bits per heavy atom. The molecule has 0 aliphatic carbocycles. The van der Waals surface area contributed by atoms with Gasteiger partial charge >= 0.3 is 12.1 Å². The van der Waals surface area contributed by atoms with Gasteiger partial charge in [-0.05, 0) is 55.7 Å². The van der Waals surface area contributed by atoms with Crippen LogP contribution < -0.4 is 43.8 Å². The Hall–Kier alpha value is -5.32. The van der Waals surface area contributed by atoms with E-state index in [1.807, 2.05) is 0 Å². The van der Waals surface area contributed by atoms with Crippen LogP contribution in [0.4, 0.5) is 15.3 Å². The van der Waals surface area contributed by atoms with E-state index in [0.29, 0.717) is 156 Å². The maximum absolute atomic E-state index is 13.6. The molecular weight excluding hydrogens is 1360 g/mol. The fourth-order valence-corrected chi connectivity index (χ4v) is 8.86. The minimum absolute atomic E-state index is 0.0121. The summed E-state index contributed by atoms with van der Waals surface area (Å²) in [6.07, 6.45) is -13.4. The Balaban J connectivity index is 1.99. The monoisotopic (exact) mass is 1480 g/mol. The van der Waals surface area contributed by atoms with Crippen molar-refractivity contribution in [1.82, 2.24) is 26.2 Å². The van der Waals surface area contributed by atoms with Gasteiger partial charge in [0.1, 0.15) is 55.3 Å². The molecule has 0 saturated heterocycles. The molecule has 0 aliphatic rings. The van der Waals surface area contributed by atoms with Crippen LogP contribution in [0, 0.1) is 5.92 Å². The number of amides is 7. The Kier molecular flexibility index (Phi) is 57.5. The molecule has 594 valence electrons. The number of ether oxygens (including phenoxy) is 13. The van der Waals surface area contributed by atoms with Gasteiger partial charge in [0.25, 0.3) is 0 Å². The molecule has 0 heterocycles. The molecule has 1 rings (SSSR count). The lowest BCUT2D eigenvalue weighted by Gasteiger charge is -2.33. The lowest BCUT2D eigenvalue weighted by Crippen LogP contribution is -2.56. The largest absolute Gasteiger partial charge is 0.445 e. The Labute approximate surface area is 596 Å². The summed E-state index contributed by atoms with van der Waals surface area (Å²) < 4.78 is 70.8. The second kappa shape index (κ2) is 61.9. The van der Waals surface area contributed by atoms with E-state index in [0.717, 1.165) is 0 Å². The van der Waals surface area contributed by atoms with Crippen molar-refractivity contribution >= 4 is 41.4 Å². The molecule has 0 bridgehead atoms. The second-order valence-corrected chi connectivity index (χ2v) is 23.4. The number of primary amides is 2. The number of nitrogens with zero attached hydrogens (tertiary/aromatic N) is 1. The molecular formula is C64H119N9O29. The van der Waals surface area contributed by atoms with Gasteiger partial charge in [-0.25, -0.2) is 9.59 Å². The maximum Gasteiger partial charge on any atom is 0.404 e. The number of hydrogen-bond donors (Lipinski definition) is 18. The van der Waals surface area contributed by atoms with Crippen LogP contribution in [0.1, 0.15) is 57.9 Å². The number of anilines is 1. The maximum atomic E-state index is 13.6. The van der Waals surface area contributed by atoms with Crippen molar-refractivity contribution in [1.29, 1.82) is 0 Å². The summed E-state index contributed by atoms with van der Waals surface area (Å²) >= 11 is 0. The van der Waals surface area contributed by atoms with Crippen LogP contribution in [0.3, 0.4) is 0 Å². The normalized spacial score (nSPS) is 15.0. The minimum atomic E-state index is -1.89. The first-order chi connectivity index (χ1) is 49.0. The topological polar surface area (TPSA) is 566 Å². The molecule has 1 aromatic rings. The van der Waals surface area contributed by atoms with Crippen molar-refractivity contribution in [2.75, 3.05) is 210 Å². The Bertz CT molecular complexity index is 2250. The summed E-state index contributed by atoms with van der Waals surface area (Å²) in [7, 11) is 0. The summed E-state index contributed by atoms with van der Waals surface area (Å²) in [6, 6.07) is 2.64. The third-order valence-electron chi connectivity index (χ3n) is 14.7.